The minimum atomic E-state index is -0.701. The van der Waals surface area contributed by atoms with Crippen LogP contribution in [-0.2, 0) is 0 Å². The van der Waals surface area contributed by atoms with Gasteiger partial charge in [0.2, 0.25) is 0 Å². The number of aliphatic hydroxyl groups is 1. The monoisotopic (exact) mass is 225 g/mol. The summed E-state index contributed by atoms with van der Waals surface area (Å²) in [5.41, 5.74) is 6.84. The molecule has 0 spiro atoms. The molecule has 0 amide bonds. The molecule has 0 saturated carbocycles. The molecule has 0 heterocycles. The van der Waals surface area contributed by atoms with Gasteiger partial charge in [-0.05, 0) is 29.5 Å². The Balaban J connectivity index is 3.06. The normalized spacial score (nSPS) is 15.9. The van der Waals surface area contributed by atoms with Gasteiger partial charge in [0.25, 0.3) is 0 Å². The van der Waals surface area contributed by atoms with Gasteiger partial charge in [-0.2, -0.15) is 0 Å². The Bertz CT molecular complexity index is 371. The first kappa shape index (κ1) is 13.1. The molecule has 3 heteroatoms. The third kappa shape index (κ3) is 2.60. The van der Waals surface area contributed by atoms with Crippen molar-refractivity contribution in [1.82, 2.24) is 0 Å². The summed E-state index contributed by atoms with van der Waals surface area (Å²) in [6.45, 7) is 7.41. The van der Waals surface area contributed by atoms with Gasteiger partial charge in [-0.15, -0.1) is 0 Å². The molecule has 0 saturated heterocycles. The number of rotatable bonds is 2. The van der Waals surface area contributed by atoms with Gasteiger partial charge in [-0.25, -0.2) is 4.39 Å². The standard InChI is InChI=1S/C13H20FNO/c1-8-9(6-5-7-10(8)14)11(15)12(16)13(2,3)4/h5-7,11-12,16H,15H2,1-4H3/t11-,12-/m0/s1. The van der Waals surface area contributed by atoms with Crippen molar-refractivity contribution in [2.45, 2.75) is 39.8 Å². The molecule has 0 bridgehead atoms. The van der Waals surface area contributed by atoms with Crippen LogP contribution in [0, 0.1) is 18.2 Å². The maximum absolute atomic E-state index is 13.4. The molecule has 2 atom stereocenters. The Hall–Kier alpha value is -0.930. The first-order valence-electron chi connectivity index (χ1n) is 5.44. The van der Waals surface area contributed by atoms with E-state index in [-0.39, 0.29) is 11.2 Å². The minimum absolute atomic E-state index is 0.283. The highest BCUT2D eigenvalue weighted by Gasteiger charge is 2.30. The molecule has 0 unspecified atom stereocenters. The lowest BCUT2D eigenvalue weighted by Gasteiger charge is -2.31. The van der Waals surface area contributed by atoms with Crippen LogP contribution < -0.4 is 5.73 Å². The highest BCUT2D eigenvalue weighted by Crippen LogP contribution is 2.30. The first-order valence-corrected chi connectivity index (χ1v) is 5.44. The molecule has 1 rings (SSSR count). The van der Waals surface area contributed by atoms with Crippen molar-refractivity contribution in [2.75, 3.05) is 0 Å². The summed E-state index contributed by atoms with van der Waals surface area (Å²) in [5.74, 6) is -0.283. The van der Waals surface area contributed by atoms with E-state index in [1.165, 1.54) is 6.07 Å². The molecule has 0 aliphatic heterocycles. The second-order valence-corrected chi connectivity index (χ2v) is 5.29. The number of benzene rings is 1. The quantitative estimate of drug-likeness (QED) is 0.812. The fourth-order valence-electron chi connectivity index (χ4n) is 1.69. The zero-order valence-electron chi connectivity index (χ0n) is 10.3. The van der Waals surface area contributed by atoms with E-state index < -0.39 is 12.1 Å². The lowest BCUT2D eigenvalue weighted by Crippen LogP contribution is -2.37. The van der Waals surface area contributed by atoms with Gasteiger partial charge in [0, 0.05) is 0 Å². The SMILES string of the molecule is Cc1c(F)cccc1[C@H](N)[C@H](O)C(C)(C)C. The van der Waals surface area contributed by atoms with Gasteiger partial charge in [0.15, 0.2) is 0 Å². The molecule has 0 radical (unpaired) electrons. The van der Waals surface area contributed by atoms with E-state index in [0.29, 0.717) is 11.1 Å². The summed E-state index contributed by atoms with van der Waals surface area (Å²) in [6.07, 6.45) is -0.701. The van der Waals surface area contributed by atoms with Crippen LogP contribution in [-0.4, -0.2) is 11.2 Å². The zero-order chi connectivity index (χ0) is 12.5. The maximum atomic E-state index is 13.4. The summed E-state index contributed by atoms with van der Waals surface area (Å²) < 4.78 is 13.4. The van der Waals surface area contributed by atoms with Crippen molar-refractivity contribution in [3.63, 3.8) is 0 Å². The van der Waals surface area contributed by atoms with Crippen LogP contribution in [0.2, 0.25) is 0 Å². The van der Waals surface area contributed by atoms with Crippen molar-refractivity contribution in [3.8, 4) is 0 Å². The number of aliphatic hydroxyl groups excluding tert-OH is 1. The van der Waals surface area contributed by atoms with E-state index in [1.807, 2.05) is 20.8 Å². The molecule has 1 aromatic carbocycles. The Morgan fingerprint density at radius 3 is 2.38 bits per heavy atom. The van der Waals surface area contributed by atoms with Crippen LogP contribution in [0.15, 0.2) is 18.2 Å². The maximum Gasteiger partial charge on any atom is 0.126 e. The number of hydrogen-bond acceptors (Lipinski definition) is 2. The lowest BCUT2D eigenvalue weighted by molar-refractivity contribution is 0.0398. The van der Waals surface area contributed by atoms with E-state index in [0.717, 1.165) is 0 Å². The van der Waals surface area contributed by atoms with Crippen molar-refractivity contribution in [1.29, 1.82) is 0 Å². The Labute approximate surface area is 96.3 Å². The molecular weight excluding hydrogens is 205 g/mol. The van der Waals surface area contributed by atoms with Gasteiger partial charge in [0.05, 0.1) is 12.1 Å². The molecule has 2 nitrogen and oxygen atoms in total. The van der Waals surface area contributed by atoms with Crippen LogP contribution in [0.3, 0.4) is 0 Å². The lowest BCUT2D eigenvalue weighted by atomic mass is 9.81. The second kappa shape index (κ2) is 4.52. The first-order chi connectivity index (χ1) is 7.25. The second-order valence-electron chi connectivity index (χ2n) is 5.29. The minimum Gasteiger partial charge on any atom is -0.391 e. The summed E-state index contributed by atoms with van der Waals surface area (Å²) in [7, 11) is 0. The van der Waals surface area contributed by atoms with Crippen molar-refractivity contribution in [2.24, 2.45) is 11.1 Å². The predicted molar refractivity (Wildman–Crippen MR) is 63.5 cm³/mol. The Morgan fingerprint density at radius 1 is 1.31 bits per heavy atom. The van der Waals surface area contributed by atoms with Crippen LogP contribution in [0.25, 0.3) is 0 Å². The average Bonchev–Trinajstić information content (AvgIpc) is 2.18. The van der Waals surface area contributed by atoms with E-state index in [4.69, 9.17) is 5.73 Å². The number of hydrogen-bond donors (Lipinski definition) is 2. The summed E-state index contributed by atoms with van der Waals surface area (Å²) >= 11 is 0. The highest BCUT2D eigenvalue weighted by molar-refractivity contribution is 5.30. The van der Waals surface area contributed by atoms with Crippen LogP contribution in [0.4, 0.5) is 4.39 Å². The molecule has 90 valence electrons. The molecule has 3 N–H and O–H groups in total. The van der Waals surface area contributed by atoms with E-state index in [1.54, 1.807) is 19.1 Å². The largest absolute Gasteiger partial charge is 0.391 e. The smallest absolute Gasteiger partial charge is 0.126 e. The summed E-state index contributed by atoms with van der Waals surface area (Å²) in [4.78, 5) is 0. The van der Waals surface area contributed by atoms with Gasteiger partial charge in [0.1, 0.15) is 5.82 Å². The topological polar surface area (TPSA) is 46.2 Å². The molecule has 1 aromatic rings. The van der Waals surface area contributed by atoms with Crippen molar-refractivity contribution in [3.05, 3.63) is 35.1 Å². The van der Waals surface area contributed by atoms with Gasteiger partial charge in [-0.1, -0.05) is 32.9 Å². The highest BCUT2D eigenvalue weighted by atomic mass is 19.1. The molecule has 16 heavy (non-hydrogen) atoms. The average molecular weight is 225 g/mol. The zero-order valence-corrected chi connectivity index (χ0v) is 10.3. The van der Waals surface area contributed by atoms with E-state index in [2.05, 4.69) is 0 Å². The van der Waals surface area contributed by atoms with Gasteiger partial charge >= 0.3 is 0 Å². The molecule has 0 aromatic heterocycles. The fraction of sp³-hybridized carbons (Fsp3) is 0.538. The fourth-order valence-corrected chi connectivity index (χ4v) is 1.69. The predicted octanol–water partition coefficient (Wildman–Crippen LogP) is 2.54. The van der Waals surface area contributed by atoms with Gasteiger partial charge < -0.3 is 10.8 Å². The van der Waals surface area contributed by atoms with Crippen LogP contribution >= 0.6 is 0 Å². The van der Waals surface area contributed by atoms with Crippen molar-refractivity contribution >= 4 is 0 Å². The van der Waals surface area contributed by atoms with Crippen molar-refractivity contribution < 1.29 is 9.50 Å². The third-order valence-corrected chi connectivity index (χ3v) is 2.90. The third-order valence-electron chi connectivity index (χ3n) is 2.90. The number of nitrogens with two attached hydrogens (primary N) is 1. The molecule has 0 aliphatic carbocycles. The van der Waals surface area contributed by atoms with E-state index >= 15 is 0 Å². The number of halogens is 1. The van der Waals surface area contributed by atoms with Gasteiger partial charge in [-0.3, -0.25) is 0 Å². The van der Waals surface area contributed by atoms with Crippen LogP contribution in [0.1, 0.15) is 37.9 Å². The van der Waals surface area contributed by atoms with Crippen LogP contribution in [0.5, 0.6) is 0 Å². The summed E-state index contributed by atoms with van der Waals surface area (Å²) in [5, 5.41) is 10.1. The molecule has 0 aliphatic rings. The Morgan fingerprint density at radius 2 is 1.88 bits per heavy atom. The van der Waals surface area contributed by atoms with E-state index in [9.17, 15) is 9.50 Å². The molecular formula is C13H20FNO. The molecule has 0 fully saturated rings. The summed E-state index contributed by atoms with van der Waals surface area (Å²) in [6, 6.07) is 4.22. The Kier molecular flexibility index (Phi) is 3.71.